The van der Waals surface area contributed by atoms with Crippen molar-refractivity contribution in [2.45, 2.75) is 33.1 Å². The molecular weight excluding hydrogens is 464 g/mol. The maximum atomic E-state index is 12.4. The molecule has 2 N–H and O–H groups in total. The predicted molar refractivity (Wildman–Crippen MR) is 143 cm³/mol. The van der Waals surface area contributed by atoms with E-state index in [9.17, 15) is 10.1 Å². The Labute approximate surface area is 217 Å². The zero-order valence-corrected chi connectivity index (χ0v) is 21.2. The third-order valence-electron chi connectivity index (χ3n) is 6.05. The molecule has 1 aliphatic rings. The number of allylic oxidation sites excluding steroid dienone is 1. The molecule has 0 aromatic heterocycles. The van der Waals surface area contributed by atoms with E-state index >= 15 is 0 Å². The first kappa shape index (κ1) is 25.6. The second kappa shape index (κ2) is 11.5. The molecule has 0 radical (unpaired) electrons. The number of carbonyl (C=O) groups excluding carboxylic acids is 1. The number of nitrogens with zero attached hydrogens (tertiary/aromatic N) is 1. The third-order valence-corrected chi connectivity index (χ3v) is 6.05. The Morgan fingerprint density at radius 3 is 2.62 bits per heavy atom. The molecule has 0 saturated heterocycles. The van der Waals surface area contributed by atoms with E-state index in [1.807, 2.05) is 55.5 Å². The molecule has 4 rings (SSSR count). The molecule has 1 heterocycles. The van der Waals surface area contributed by atoms with Gasteiger partial charge in [-0.05, 0) is 54.7 Å². The Kier molecular flexibility index (Phi) is 7.95. The lowest BCUT2D eigenvalue weighted by atomic mass is 9.83. The first-order chi connectivity index (χ1) is 17.8. The van der Waals surface area contributed by atoms with Gasteiger partial charge in [-0.25, -0.2) is 4.79 Å². The normalized spacial score (nSPS) is 14.7. The number of ether oxygens (including phenoxy) is 3. The van der Waals surface area contributed by atoms with Gasteiger partial charge in [0.25, 0.3) is 0 Å². The second-order valence-corrected chi connectivity index (χ2v) is 9.39. The van der Waals surface area contributed by atoms with Crippen molar-refractivity contribution in [3.05, 3.63) is 107 Å². The van der Waals surface area contributed by atoms with Crippen LogP contribution in [0.25, 0.3) is 6.08 Å². The van der Waals surface area contributed by atoms with Gasteiger partial charge < -0.3 is 19.9 Å². The Morgan fingerprint density at radius 2 is 1.89 bits per heavy atom. The van der Waals surface area contributed by atoms with Gasteiger partial charge in [0.15, 0.2) is 0 Å². The highest BCUT2D eigenvalue weighted by molar-refractivity contribution is 5.88. The van der Waals surface area contributed by atoms with Gasteiger partial charge in [-0.2, -0.15) is 5.26 Å². The molecule has 1 aliphatic heterocycles. The van der Waals surface area contributed by atoms with Gasteiger partial charge in [-0.15, -0.1) is 0 Å². The van der Waals surface area contributed by atoms with Crippen molar-refractivity contribution < 1.29 is 19.0 Å². The molecule has 6 heteroatoms. The summed E-state index contributed by atoms with van der Waals surface area (Å²) in [6.07, 6.45) is 4.02. The number of nitrogens with two attached hydrogens (primary N) is 1. The van der Waals surface area contributed by atoms with Gasteiger partial charge in [0, 0.05) is 17.7 Å². The highest BCUT2D eigenvalue weighted by atomic mass is 16.5. The number of esters is 1. The summed E-state index contributed by atoms with van der Waals surface area (Å²) >= 11 is 0. The van der Waals surface area contributed by atoms with E-state index in [4.69, 9.17) is 19.9 Å². The van der Waals surface area contributed by atoms with Crippen molar-refractivity contribution in [3.8, 4) is 23.3 Å². The molecule has 1 atom stereocenters. The fourth-order valence-corrected chi connectivity index (χ4v) is 4.03. The van der Waals surface area contributed by atoms with E-state index in [2.05, 4.69) is 19.9 Å². The highest BCUT2D eigenvalue weighted by Gasteiger charge is 2.31. The molecule has 0 bridgehead atoms. The number of aryl methyl sites for hydroxylation is 1. The van der Waals surface area contributed by atoms with Gasteiger partial charge >= 0.3 is 5.97 Å². The average molecular weight is 495 g/mol. The summed E-state index contributed by atoms with van der Waals surface area (Å²) in [4.78, 5) is 12.4. The Balaban J connectivity index is 1.56. The van der Waals surface area contributed by atoms with Crippen LogP contribution in [0.15, 0.2) is 84.3 Å². The number of carbonyl (C=O) groups is 1. The van der Waals surface area contributed by atoms with Crippen LogP contribution in [0.4, 0.5) is 0 Å². The first-order valence-electron chi connectivity index (χ1n) is 12.2. The molecule has 0 aliphatic carbocycles. The maximum Gasteiger partial charge on any atom is 0.336 e. The van der Waals surface area contributed by atoms with Gasteiger partial charge in [0.2, 0.25) is 5.88 Å². The van der Waals surface area contributed by atoms with Crippen LogP contribution in [0.5, 0.6) is 17.2 Å². The number of benzene rings is 3. The molecule has 0 fully saturated rings. The third kappa shape index (κ3) is 6.39. The molecular formula is C31H30N2O4. The van der Waals surface area contributed by atoms with Crippen molar-refractivity contribution in [3.63, 3.8) is 0 Å². The minimum absolute atomic E-state index is 0.0221. The summed E-state index contributed by atoms with van der Waals surface area (Å²) in [5.41, 5.74) is 10.1. The van der Waals surface area contributed by atoms with Gasteiger partial charge in [0.05, 0.1) is 12.5 Å². The molecule has 0 amide bonds. The number of hydrogen-bond acceptors (Lipinski definition) is 6. The summed E-state index contributed by atoms with van der Waals surface area (Å²) < 4.78 is 17.2. The zero-order valence-electron chi connectivity index (χ0n) is 21.2. The van der Waals surface area contributed by atoms with Crippen molar-refractivity contribution >= 4 is 12.0 Å². The average Bonchev–Trinajstić information content (AvgIpc) is 2.87. The van der Waals surface area contributed by atoms with Crippen LogP contribution in [0, 0.1) is 24.2 Å². The number of fused-ring (bicyclic) bond motifs is 1. The molecule has 3 aromatic carbocycles. The Bertz CT molecular complexity index is 1380. The van der Waals surface area contributed by atoms with E-state index in [1.165, 1.54) is 6.08 Å². The summed E-state index contributed by atoms with van der Waals surface area (Å²) in [5.74, 6) is 1.09. The topological polar surface area (TPSA) is 94.6 Å². The summed E-state index contributed by atoms with van der Waals surface area (Å²) in [7, 11) is 0. The first-order valence-corrected chi connectivity index (χ1v) is 12.2. The van der Waals surface area contributed by atoms with Crippen LogP contribution in [-0.4, -0.2) is 12.6 Å². The van der Waals surface area contributed by atoms with E-state index in [0.29, 0.717) is 29.6 Å². The van der Waals surface area contributed by atoms with Gasteiger partial charge in [0.1, 0.15) is 28.9 Å². The Morgan fingerprint density at radius 1 is 1.11 bits per heavy atom. The molecule has 188 valence electrons. The lowest BCUT2D eigenvalue weighted by molar-refractivity contribution is -0.128. The fraction of sp³-hybridized carbons (Fsp3) is 0.226. The van der Waals surface area contributed by atoms with Crippen LogP contribution in [0.2, 0.25) is 0 Å². The van der Waals surface area contributed by atoms with E-state index in [1.54, 1.807) is 24.3 Å². The zero-order chi connectivity index (χ0) is 26.4. The molecule has 37 heavy (non-hydrogen) atoms. The monoisotopic (exact) mass is 494 g/mol. The second-order valence-electron chi connectivity index (χ2n) is 9.39. The molecule has 3 aromatic rings. The Hall–Kier alpha value is -4.50. The summed E-state index contributed by atoms with van der Waals surface area (Å²) in [5, 5.41) is 9.86. The number of hydrogen-bond donors (Lipinski definition) is 1. The number of nitriles is 1. The van der Waals surface area contributed by atoms with Crippen LogP contribution in [0.1, 0.15) is 48.4 Å². The molecule has 1 unspecified atom stereocenters. The SMILES string of the molecule is Cc1ccc(/C=C/C(=O)Oc2ccc3c(c2)OC(N)=C(C#N)C3c2cccc(OCCC(C)C)c2)cc1. The molecule has 0 spiro atoms. The summed E-state index contributed by atoms with van der Waals surface area (Å²) in [6, 6.07) is 22.8. The number of rotatable bonds is 8. The van der Waals surface area contributed by atoms with Gasteiger partial charge in [-0.3, -0.25) is 0 Å². The molecule has 0 saturated carbocycles. The standard InChI is InChI=1S/C31H30N2O4/c1-20(2)15-16-35-24-6-4-5-23(17-24)30-26-13-12-25(18-28(26)37-31(33)27(30)19-32)36-29(34)14-11-22-9-7-21(3)8-10-22/h4-14,17-18,20,30H,15-16,33H2,1-3H3/b14-11+. The van der Waals surface area contributed by atoms with Crippen molar-refractivity contribution in [1.29, 1.82) is 5.26 Å². The van der Waals surface area contributed by atoms with Crippen LogP contribution in [-0.2, 0) is 4.79 Å². The van der Waals surface area contributed by atoms with Crippen LogP contribution in [0.3, 0.4) is 0 Å². The van der Waals surface area contributed by atoms with Crippen molar-refractivity contribution in [2.24, 2.45) is 11.7 Å². The van der Waals surface area contributed by atoms with Gasteiger partial charge in [-0.1, -0.05) is 61.9 Å². The maximum absolute atomic E-state index is 12.4. The lowest BCUT2D eigenvalue weighted by Gasteiger charge is -2.27. The van der Waals surface area contributed by atoms with E-state index in [0.717, 1.165) is 34.4 Å². The lowest BCUT2D eigenvalue weighted by Crippen LogP contribution is -2.21. The quantitative estimate of drug-likeness (QED) is 0.226. The highest BCUT2D eigenvalue weighted by Crippen LogP contribution is 2.44. The van der Waals surface area contributed by atoms with Crippen molar-refractivity contribution in [2.75, 3.05) is 6.61 Å². The van der Waals surface area contributed by atoms with Crippen LogP contribution < -0.4 is 19.9 Å². The summed E-state index contributed by atoms with van der Waals surface area (Å²) in [6.45, 7) is 6.92. The fourth-order valence-electron chi connectivity index (χ4n) is 4.03. The minimum Gasteiger partial charge on any atom is -0.494 e. The predicted octanol–water partition coefficient (Wildman–Crippen LogP) is 6.26. The van der Waals surface area contributed by atoms with E-state index < -0.39 is 11.9 Å². The largest absolute Gasteiger partial charge is 0.494 e. The van der Waals surface area contributed by atoms with E-state index in [-0.39, 0.29) is 5.88 Å². The van der Waals surface area contributed by atoms with Crippen molar-refractivity contribution in [1.82, 2.24) is 0 Å². The molecule has 6 nitrogen and oxygen atoms in total. The smallest absolute Gasteiger partial charge is 0.336 e. The van der Waals surface area contributed by atoms with Crippen LogP contribution >= 0.6 is 0 Å². The minimum atomic E-state index is -0.514.